The van der Waals surface area contributed by atoms with Crippen LogP contribution in [0.5, 0.6) is 0 Å². The normalized spacial score (nSPS) is 17.8. The summed E-state index contributed by atoms with van der Waals surface area (Å²) < 4.78 is 5.50. The number of aliphatic hydroxyl groups is 4. The van der Waals surface area contributed by atoms with Crippen LogP contribution >= 0.6 is 0 Å². The molecule has 0 bridgehead atoms. The number of allylic oxidation sites excluding steroid dienone is 27. The molecule has 2 rings (SSSR count). The van der Waals surface area contributed by atoms with Crippen LogP contribution in [0.25, 0.3) is 10.4 Å². The minimum absolute atomic E-state index is 0.00754. The first-order valence-corrected chi connectivity index (χ1v) is 32.2. The van der Waals surface area contributed by atoms with Gasteiger partial charge < -0.3 is 46.4 Å². The van der Waals surface area contributed by atoms with Gasteiger partial charge in [0.1, 0.15) is 0 Å². The summed E-state index contributed by atoms with van der Waals surface area (Å²) in [6.07, 6.45) is 84.9. The highest BCUT2D eigenvalue weighted by atomic mass is 16.6. The number of nitrogens with zero attached hydrogens (tertiary/aromatic N) is 3. The number of hydrogen-bond donors (Lipinski definition) is 8. The quantitative estimate of drug-likeness (QED) is 0.00947. The van der Waals surface area contributed by atoms with Gasteiger partial charge in [0.2, 0.25) is 17.7 Å². The van der Waals surface area contributed by atoms with Gasteiger partial charge in [-0.25, -0.2) is 0 Å². The van der Waals surface area contributed by atoms with E-state index < -0.39 is 12.1 Å². The molecule has 484 valence electrons. The smallest absolute Gasteiger partial charge is 0.220 e. The third-order valence-electron chi connectivity index (χ3n) is 13.2. The van der Waals surface area contributed by atoms with Crippen molar-refractivity contribution in [3.8, 4) is 0 Å². The lowest BCUT2D eigenvalue weighted by Gasteiger charge is -2.14. The van der Waals surface area contributed by atoms with Crippen LogP contribution in [-0.4, -0.2) is 114 Å². The van der Waals surface area contributed by atoms with Crippen molar-refractivity contribution < 1.29 is 39.5 Å². The third kappa shape index (κ3) is 58.4. The number of carbonyl (C=O) groups excluding carboxylic acids is 3. The molecule has 2 fully saturated rings. The van der Waals surface area contributed by atoms with Crippen molar-refractivity contribution in [3.63, 3.8) is 0 Å². The number of epoxide rings is 1. The Morgan fingerprint density at radius 2 is 0.759 bits per heavy atom. The Morgan fingerprint density at radius 1 is 0.448 bits per heavy atom. The van der Waals surface area contributed by atoms with Crippen molar-refractivity contribution in [1.29, 1.82) is 0 Å². The Hall–Kier alpha value is -6.42. The highest BCUT2D eigenvalue weighted by Crippen LogP contribution is 2.28. The van der Waals surface area contributed by atoms with Gasteiger partial charge in [0.05, 0.1) is 44.2 Å². The summed E-state index contributed by atoms with van der Waals surface area (Å²) >= 11 is 0. The van der Waals surface area contributed by atoms with Gasteiger partial charge in [0.25, 0.3) is 0 Å². The van der Waals surface area contributed by atoms with Crippen LogP contribution in [0.15, 0.2) is 187 Å². The minimum Gasteiger partial charge on any atom is -0.395 e. The van der Waals surface area contributed by atoms with Gasteiger partial charge in [0, 0.05) is 55.9 Å². The summed E-state index contributed by atoms with van der Waals surface area (Å²) in [7, 11) is 0. The standard InChI is InChI=1S/C24H38N4O3.C24H38N2O2.C24H37NO3/c1-2-23(30)22(27-28-25)18-16-14-12-10-8-6-4-3-5-7-9-11-13-15-17-19-24(31)26-20-21-29;1-2-22-23(26-22)18-16-14-12-10-8-6-4-3-5-7-9-11-13-15-17-19-24(28)25-20-21-27;1-2-22-23(28-22)18-16-14-12-10-8-6-4-3-5-7-9-11-13-15-17-19-24(27)25-20-21-26/h3-4,7-10,13-16,22-23,29-30H,2,5-6,11-12,17-21H2,1H3,(H,26,31);3-4,7-10,13-16,22-23,26-27H,2,5-6,11-12,17-21H2,1H3,(H,25,28);3-4,7-10,13-16,22-23,26H,2,5-6,11-12,17-21H2,1H3,(H,25,27)/b3*4-3-,9-7-,10-8-,15-13-,16-14-. The topological polar surface area (TPSA) is 251 Å². The summed E-state index contributed by atoms with van der Waals surface area (Å²) in [5, 5.41) is 50.6. The molecule has 2 aliphatic rings. The predicted molar refractivity (Wildman–Crippen MR) is 364 cm³/mol. The van der Waals surface area contributed by atoms with Crippen LogP contribution in [0.2, 0.25) is 0 Å². The molecule has 15 heteroatoms. The molecule has 6 unspecified atom stereocenters. The van der Waals surface area contributed by atoms with E-state index in [-0.39, 0.29) is 37.5 Å². The lowest BCUT2D eigenvalue weighted by Crippen LogP contribution is -2.25. The number of rotatable bonds is 50. The summed E-state index contributed by atoms with van der Waals surface area (Å²) in [5.74, 6) is -0.0530. The number of hydrogen-bond acceptors (Lipinski definition) is 10. The summed E-state index contributed by atoms with van der Waals surface area (Å²) in [6.45, 7) is 7.22. The number of nitrogens with one attached hydrogen (secondary N) is 4. The first-order valence-electron chi connectivity index (χ1n) is 32.2. The van der Waals surface area contributed by atoms with Gasteiger partial charge in [-0.2, -0.15) is 0 Å². The van der Waals surface area contributed by atoms with E-state index in [2.05, 4.69) is 191 Å². The fraction of sp³-hybridized carbons (Fsp3) is 0.542. The molecule has 2 aliphatic heterocycles. The summed E-state index contributed by atoms with van der Waals surface area (Å²) in [5.41, 5.74) is 8.53. The second-order valence-electron chi connectivity index (χ2n) is 20.6. The molecule has 0 aliphatic carbocycles. The lowest BCUT2D eigenvalue weighted by molar-refractivity contribution is -0.121. The third-order valence-corrected chi connectivity index (χ3v) is 13.2. The lowest BCUT2D eigenvalue weighted by atomic mass is 10.1. The van der Waals surface area contributed by atoms with Crippen molar-refractivity contribution in [2.45, 2.75) is 211 Å². The first-order chi connectivity index (χ1) is 42.7. The summed E-state index contributed by atoms with van der Waals surface area (Å²) in [6, 6.07) is 1.08. The van der Waals surface area contributed by atoms with Crippen LogP contribution in [-0.2, 0) is 19.1 Å². The molecule has 3 amide bonds. The second-order valence-corrected chi connectivity index (χ2v) is 20.6. The molecule has 0 radical (unpaired) electrons. The average Bonchev–Trinajstić information content (AvgIpc) is 4.21. The molecule has 0 aromatic carbocycles. The van der Waals surface area contributed by atoms with Crippen LogP contribution in [0.3, 0.4) is 0 Å². The Morgan fingerprint density at radius 3 is 1.03 bits per heavy atom. The van der Waals surface area contributed by atoms with Gasteiger partial charge in [-0.05, 0) is 140 Å². The Bertz CT molecular complexity index is 2130. The van der Waals surface area contributed by atoms with Gasteiger partial charge in [0.15, 0.2) is 0 Å². The van der Waals surface area contributed by atoms with E-state index in [1.54, 1.807) is 0 Å². The van der Waals surface area contributed by atoms with E-state index in [1.165, 1.54) is 6.42 Å². The number of aliphatic hydroxyl groups excluding tert-OH is 4. The number of amides is 3. The van der Waals surface area contributed by atoms with E-state index in [1.807, 2.05) is 43.4 Å². The Labute approximate surface area is 524 Å². The SMILES string of the molecule is CCC(O)C(C/C=C\C/C=C\C/C=C\C/C=C\C/C=C\CCC(=O)NCCO)N=[N+]=[N-].CCC1NC1C/C=C\C/C=C\C/C=C\C/C=C\C/C=C\CCC(=O)NCCO.CCC1OC1C/C=C\C/C=C\C/C=C\C/C=C\C/C=C\CCC(=O)NCCO. The zero-order valence-corrected chi connectivity index (χ0v) is 53.3. The van der Waals surface area contributed by atoms with E-state index >= 15 is 0 Å². The van der Waals surface area contributed by atoms with Crippen LogP contribution in [0.1, 0.15) is 175 Å². The molecular weight excluding hydrogens is 1090 g/mol. The second kappa shape index (κ2) is 64.1. The van der Waals surface area contributed by atoms with E-state index in [4.69, 9.17) is 25.6 Å². The molecule has 15 nitrogen and oxygen atoms in total. The molecule has 87 heavy (non-hydrogen) atoms. The minimum atomic E-state index is -0.595. The summed E-state index contributed by atoms with van der Waals surface area (Å²) in [4.78, 5) is 36.7. The molecule has 0 aromatic rings. The molecule has 0 aromatic heterocycles. The van der Waals surface area contributed by atoms with Crippen molar-refractivity contribution in [2.24, 2.45) is 5.11 Å². The molecule has 8 N–H and O–H groups in total. The number of azide groups is 1. The Kier molecular flexibility index (Phi) is 59.3. The zero-order chi connectivity index (χ0) is 63.6. The highest BCUT2D eigenvalue weighted by molar-refractivity contribution is 5.76. The van der Waals surface area contributed by atoms with Gasteiger partial charge in [-0.1, -0.05) is 208 Å². The van der Waals surface area contributed by atoms with Crippen molar-refractivity contribution in [2.75, 3.05) is 39.5 Å². The average molecular weight is 1200 g/mol. The zero-order valence-electron chi connectivity index (χ0n) is 53.3. The van der Waals surface area contributed by atoms with Crippen LogP contribution in [0.4, 0.5) is 0 Å². The highest BCUT2D eigenvalue weighted by Gasteiger charge is 2.35. The number of carbonyl (C=O) groups is 3. The molecule has 0 saturated carbocycles. The maximum absolute atomic E-state index is 11.3. The van der Waals surface area contributed by atoms with Crippen LogP contribution < -0.4 is 21.3 Å². The maximum Gasteiger partial charge on any atom is 0.220 e. The number of ether oxygens (including phenoxy) is 1. The fourth-order valence-electron chi connectivity index (χ4n) is 8.03. The van der Waals surface area contributed by atoms with Crippen molar-refractivity contribution in [3.05, 3.63) is 193 Å². The molecule has 0 spiro atoms. The van der Waals surface area contributed by atoms with Gasteiger partial charge in [-0.3, -0.25) is 14.4 Å². The molecule has 2 heterocycles. The monoisotopic (exact) mass is 1200 g/mol. The molecule has 2 saturated heterocycles. The first kappa shape index (κ1) is 80.6. The maximum atomic E-state index is 11.3. The van der Waals surface area contributed by atoms with E-state index in [0.29, 0.717) is 70.4 Å². The molecule has 6 atom stereocenters. The van der Waals surface area contributed by atoms with Crippen LogP contribution in [0, 0.1) is 0 Å². The van der Waals surface area contributed by atoms with Gasteiger partial charge >= 0.3 is 0 Å². The Balaban J connectivity index is 0.00000128. The molecular formula is C72H113N7O8. The largest absolute Gasteiger partial charge is 0.395 e. The van der Waals surface area contributed by atoms with Crippen molar-refractivity contribution in [1.82, 2.24) is 21.3 Å². The van der Waals surface area contributed by atoms with Crippen molar-refractivity contribution >= 4 is 17.7 Å². The van der Waals surface area contributed by atoms with E-state index in [9.17, 15) is 19.5 Å². The van der Waals surface area contributed by atoms with Gasteiger partial charge in [-0.15, -0.1) is 0 Å². The fourth-order valence-corrected chi connectivity index (χ4v) is 8.03. The van der Waals surface area contributed by atoms with E-state index in [0.717, 1.165) is 121 Å². The predicted octanol–water partition coefficient (Wildman–Crippen LogP) is 14.2.